The number of nitrogens with one attached hydrogen (secondary N) is 1. The summed E-state index contributed by atoms with van der Waals surface area (Å²) in [5.74, 6) is 1.01. The minimum atomic E-state index is 0.132. The van der Waals surface area contributed by atoms with Crippen LogP contribution in [-0.2, 0) is 17.6 Å². The minimum absolute atomic E-state index is 0.132. The van der Waals surface area contributed by atoms with E-state index in [0.717, 1.165) is 37.0 Å². The van der Waals surface area contributed by atoms with E-state index in [9.17, 15) is 4.79 Å². The molecule has 0 radical (unpaired) electrons. The molecule has 0 fully saturated rings. The first kappa shape index (κ1) is 17.1. The average molecular weight is 311 g/mol. The second kappa shape index (κ2) is 9.67. The van der Waals surface area contributed by atoms with E-state index < -0.39 is 0 Å². The summed E-state index contributed by atoms with van der Waals surface area (Å²) in [4.78, 5) is 11.9. The molecule has 3 nitrogen and oxygen atoms in total. The van der Waals surface area contributed by atoms with Crippen LogP contribution >= 0.6 is 0 Å². The van der Waals surface area contributed by atoms with E-state index in [2.05, 4.69) is 29.6 Å². The highest BCUT2D eigenvalue weighted by Crippen LogP contribution is 2.17. The first-order valence-corrected chi connectivity index (χ1v) is 8.22. The van der Waals surface area contributed by atoms with E-state index in [1.807, 2.05) is 30.3 Å². The predicted octanol–water partition coefficient (Wildman–Crippen LogP) is 3.77. The van der Waals surface area contributed by atoms with Crippen molar-refractivity contribution in [3.8, 4) is 5.75 Å². The fraction of sp³-hybridized carbons (Fsp3) is 0.350. The van der Waals surface area contributed by atoms with Crippen LogP contribution in [0.3, 0.4) is 0 Å². The number of carbonyl (C=O) groups excluding carboxylic acids is 1. The first-order chi connectivity index (χ1) is 11.3. The van der Waals surface area contributed by atoms with Crippen molar-refractivity contribution in [1.29, 1.82) is 0 Å². The molecule has 0 atom stereocenters. The molecule has 0 saturated carbocycles. The molecule has 0 aromatic heterocycles. The number of aryl methyl sites for hydroxylation is 1. The van der Waals surface area contributed by atoms with E-state index in [4.69, 9.17) is 4.74 Å². The van der Waals surface area contributed by atoms with Crippen LogP contribution in [0.2, 0.25) is 0 Å². The highest BCUT2D eigenvalue weighted by Gasteiger charge is 2.04. The number of benzene rings is 2. The van der Waals surface area contributed by atoms with E-state index in [1.54, 1.807) is 7.11 Å². The van der Waals surface area contributed by atoms with E-state index in [1.165, 1.54) is 5.56 Å². The summed E-state index contributed by atoms with van der Waals surface area (Å²) >= 11 is 0. The van der Waals surface area contributed by atoms with Gasteiger partial charge in [-0.05, 0) is 42.9 Å². The molecule has 0 saturated heterocycles. The number of methoxy groups -OCH3 is 1. The molecule has 0 unspecified atom stereocenters. The van der Waals surface area contributed by atoms with Gasteiger partial charge in [0, 0.05) is 13.0 Å². The monoisotopic (exact) mass is 311 g/mol. The predicted molar refractivity (Wildman–Crippen MR) is 93.7 cm³/mol. The summed E-state index contributed by atoms with van der Waals surface area (Å²) in [5, 5.41) is 2.99. The molecule has 0 aliphatic rings. The summed E-state index contributed by atoms with van der Waals surface area (Å²) in [6, 6.07) is 18.3. The Morgan fingerprint density at radius 1 is 0.957 bits per heavy atom. The molecule has 122 valence electrons. The molecule has 0 spiro atoms. The van der Waals surface area contributed by atoms with Crippen LogP contribution < -0.4 is 10.1 Å². The maximum absolute atomic E-state index is 11.9. The maximum Gasteiger partial charge on any atom is 0.220 e. The lowest BCUT2D eigenvalue weighted by Gasteiger charge is -2.09. The number of rotatable bonds is 9. The molecular weight excluding hydrogens is 286 g/mol. The zero-order valence-corrected chi connectivity index (χ0v) is 13.8. The first-order valence-electron chi connectivity index (χ1n) is 8.22. The van der Waals surface area contributed by atoms with Gasteiger partial charge in [-0.25, -0.2) is 0 Å². The molecule has 1 N–H and O–H groups in total. The highest BCUT2D eigenvalue weighted by molar-refractivity contribution is 5.75. The second-order valence-corrected chi connectivity index (χ2v) is 5.60. The van der Waals surface area contributed by atoms with Gasteiger partial charge in [0.2, 0.25) is 5.91 Å². The van der Waals surface area contributed by atoms with E-state index in [0.29, 0.717) is 13.0 Å². The number of unbranched alkanes of at least 4 members (excludes halogenated alkanes) is 1. The highest BCUT2D eigenvalue weighted by atomic mass is 16.5. The molecule has 2 aromatic carbocycles. The standard InChI is InChI=1S/C20H25NO2/c1-23-19-13-7-6-12-18(19)15-16-21-20(22)14-8-5-11-17-9-3-2-4-10-17/h2-4,6-7,9-10,12-13H,5,8,11,14-16H2,1H3,(H,21,22). The van der Waals surface area contributed by atoms with Crippen molar-refractivity contribution in [2.24, 2.45) is 0 Å². The molecule has 0 aliphatic heterocycles. The van der Waals surface area contributed by atoms with Crippen molar-refractivity contribution >= 4 is 5.91 Å². The summed E-state index contributed by atoms with van der Waals surface area (Å²) in [6.45, 7) is 0.651. The Morgan fingerprint density at radius 2 is 1.70 bits per heavy atom. The Labute approximate surface area is 138 Å². The van der Waals surface area contributed by atoms with Gasteiger partial charge in [-0.2, -0.15) is 0 Å². The SMILES string of the molecule is COc1ccccc1CCNC(=O)CCCCc1ccccc1. The molecule has 0 aliphatic carbocycles. The number of carbonyl (C=O) groups is 1. The smallest absolute Gasteiger partial charge is 0.220 e. The van der Waals surface area contributed by atoms with Crippen LogP contribution in [0.1, 0.15) is 30.4 Å². The molecule has 0 bridgehead atoms. The topological polar surface area (TPSA) is 38.3 Å². The lowest BCUT2D eigenvalue weighted by Crippen LogP contribution is -2.25. The van der Waals surface area contributed by atoms with Crippen molar-refractivity contribution in [2.45, 2.75) is 32.1 Å². The van der Waals surface area contributed by atoms with E-state index >= 15 is 0 Å². The number of hydrogen-bond acceptors (Lipinski definition) is 2. The molecule has 23 heavy (non-hydrogen) atoms. The number of hydrogen-bond donors (Lipinski definition) is 1. The number of para-hydroxylation sites is 1. The van der Waals surface area contributed by atoms with Crippen molar-refractivity contribution in [3.63, 3.8) is 0 Å². The number of ether oxygens (including phenoxy) is 1. The van der Waals surface area contributed by atoms with E-state index in [-0.39, 0.29) is 5.91 Å². The minimum Gasteiger partial charge on any atom is -0.496 e. The summed E-state index contributed by atoms with van der Waals surface area (Å²) < 4.78 is 5.31. The van der Waals surface area contributed by atoms with Crippen molar-refractivity contribution < 1.29 is 9.53 Å². The van der Waals surface area contributed by atoms with Gasteiger partial charge in [-0.1, -0.05) is 48.5 Å². The Hall–Kier alpha value is -2.29. The quantitative estimate of drug-likeness (QED) is 0.716. The lowest BCUT2D eigenvalue weighted by molar-refractivity contribution is -0.121. The van der Waals surface area contributed by atoms with Crippen LogP contribution in [0.5, 0.6) is 5.75 Å². The van der Waals surface area contributed by atoms with Gasteiger partial charge < -0.3 is 10.1 Å². The van der Waals surface area contributed by atoms with Crippen LogP contribution in [0.25, 0.3) is 0 Å². The third kappa shape index (κ3) is 6.15. The Kier molecular flexibility index (Phi) is 7.18. The van der Waals surface area contributed by atoms with Gasteiger partial charge in [-0.15, -0.1) is 0 Å². The fourth-order valence-electron chi connectivity index (χ4n) is 2.59. The molecular formula is C20H25NO2. The van der Waals surface area contributed by atoms with Crippen molar-refractivity contribution in [1.82, 2.24) is 5.32 Å². The average Bonchev–Trinajstić information content (AvgIpc) is 2.60. The Balaban J connectivity index is 1.60. The summed E-state index contributed by atoms with van der Waals surface area (Å²) in [6.07, 6.45) is 4.40. The lowest BCUT2D eigenvalue weighted by atomic mass is 10.1. The van der Waals surface area contributed by atoms with Gasteiger partial charge >= 0.3 is 0 Å². The normalized spacial score (nSPS) is 10.3. The van der Waals surface area contributed by atoms with Crippen molar-refractivity contribution in [3.05, 3.63) is 65.7 Å². The third-order valence-corrected chi connectivity index (χ3v) is 3.87. The fourth-order valence-corrected chi connectivity index (χ4v) is 2.59. The zero-order chi connectivity index (χ0) is 16.3. The molecule has 3 heteroatoms. The van der Waals surface area contributed by atoms with Crippen LogP contribution in [0, 0.1) is 0 Å². The maximum atomic E-state index is 11.9. The van der Waals surface area contributed by atoms with Gasteiger partial charge in [0.15, 0.2) is 0 Å². The van der Waals surface area contributed by atoms with Crippen LogP contribution in [0.4, 0.5) is 0 Å². The largest absolute Gasteiger partial charge is 0.496 e. The summed E-state index contributed by atoms with van der Waals surface area (Å²) in [7, 11) is 1.67. The van der Waals surface area contributed by atoms with Crippen LogP contribution in [-0.4, -0.2) is 19.6 Å². The van der Waals surface area contributed by atoms with Crippen molar-refractivity contribution in [2.75, 3.05) is 13.7 Å². The van der Waals surface area contributed by atoms with Crippen LogP contribution in [0.15, 0.2) is 54.6 Å². The third-order valence-electron chi connectivity index (χ3n) is 3.87. The zero-order valence-electron chi connectivity index (χ0n) is 13.8. The molecule has 0 heterocycles. The molecule has 2 rings (SSSR count). The van der Waals surface area contributed by atoms with Gasteiger partial charge in [0.05, 0.1) is 7.11 Å². The Morgan fingerprint density at radius 3 is 2.48 bits per heavy atom. The van der Waals surface area contributed by atoms with Gasteiger partial charge in [0.25, 0.3) is 0 Å². The Bertz CT molecular complexity index is 596. The van der Waals surface area contributed by atoms with Gasteiger partial charge in [0.1, 0.15) is 5.75 Å². The summed E-state index contributed by atoms with van der Waals surface area (Å²) in [5.41, 5.74) is 2.46. The second-order valence-electron chi connectivity index (χ2n) is 5.60. The number of amides is 1. The molecule has 1 amide bonds. The van der Waals surface area contributed by atoms with Gasteiger partial charge in [-0.3, -0.25) is 4.79 Å². The molecule has 2 aromatic rings.